The lowest BCUT2D eigenvalue weighted by Crippen LogP contribution is -2.57. The van der Waals surface area contributed by atoms with Gasteiger partial charge in [-0.05, 0) is 92.9 Å². The van der Waals surface area contributed by atoms with Gasteiger partial charge < -0.3 is 29.2 Å². The fraction of sp³-hybridized carbons (Fsp3) is 0.708. The van der Waals surface area contributed by atoms with E-state index >= 15 is 0 Å². The molecule has 77 heavy (non-hydrogen) atoms. The van der Waals surface area contributed by atoms with Gasteiger partial charge in [-0.2, -0.15) is 15.3 Å². The smallest absolute Gasteiger partial charge is 0.306 e. The predicted molar refractivity (Wildman–Crippen MR) is 280 cm³/mol. The van der Waals surface area contributed by atoms with Crippen LogP contribution in [0.5, 0.6) is 0 Å². The van der Waals surface area contributed by atoms with Gasteiger partial charge in [-0.15, -0.1) is 0 Å². The van der Waals surface area contributed by atoms with Crippen molar-refractivity contribution in [3.63, 3.8) is 0 Å². The minimum absolute atomic E-state index is 0.00703. The third kappa shape index (κ3) is 30.5. The van der Waals surface area contributed by atoms with E-state index in [1.807, 2.05) is 27.7 Å². The van der Waals surface area contributed by atoms with Gasteiger partial charge in [-0.1, -0.05) is 27.7 Å². The van der Waals surface area contributed by atoms with Crippen molar-refractivity contribution in [2.45, 2.75) is 194 Å². The number of hydrogen-bond donors (Lipinski definition) is 11. The average molecular weight is 1100 g/mol. The number of esters is 4. The van der Waals surface area contributed by atoms with E-state index in [0.29, 0.717) is 19.3 Å². The maximum absolute atomic E-state index is 12.7. The van der Waals surface area contributed by atoms with Gasteiger partial charge in [0, 0.05) is 28.4 Å². The molecule has 0 aliphatic heterocycles. The van der Waals surface area contributed by atoms with E-state index in [-0.39, 0.29) is 94.0 Å². The molecule has 0 heterocycles. The maximum atomic E-state index is 12.7. The SMILES string of the molecule is CCC(C)(CC)N=C(C)CCC(=O)OCCOC(=O)CCC(C)=NNC(=O)CC(O)(CC(=O)NN=C(C)CCC(=O)OCCOC(=O)CCC(C)=NNC(=O)CC(O)(CC(=O)NNC(C)(CC)CC)C(=O)NN)C(=O)NN. The molecular formula is C48H83N13O16. The Morgan fingerprint density at radius 3 is 1.00 bits per heavy atom. The van der Waals surface area contributed by atoms with E-state index in [1.54, 1.807) is 10.9 Å². The number of nitrogens with one attached hydrogen (secondary N) is 7. The van der Waals surface area contributed by atoms with Crippen molar-refractivity contribution in [2.24, 2.45) is 32.0 Å². The standard InChI is InChI=1S/C48H83N13O16/c1-11-45(9,12-2)51-31(5)15-19-39(66)74-23-24-75-40(67)20-16-32(6)54-57-35(62)27-47(72,43(70)52-49)28-36(63)58-55-33(7)17-21-41(68)76-25-26-77-42(69)22-18-34(8)56-59-37(64)29-48(73,44(71)53-50)30-38(65)60-61-46(10,13-3)14-4/h61,72-73H,11-30,49-50H2,1-10H3,(H,52,70)(H,53,71)(H,57,62)(H,58,63)(H,59,64)(H,60,65). The Kier molecular flexibility index (Phi) is 33.0. The van der Waals surface area contributed by atoms with E-state index in [9.17, 15) is 58.2 Å². The summed E-state index contributed by atoms with van der Waals surface area (Å²) >= 11 is 0. The fourth-order valence-electron chi connectivity index (χ4n) is 6.20. The molecule has 2 atom stereocenters. The van der Waals surface area contributed by atoms with Gasteiger partial charge in [0.25, 0.3) is 11.8 Å². The normalized spacial score (nSPS) is 13.9. The molecular weight excluding hydrogens is 1010 g/mol. The molecule has 29 heteroatoms. The summed E-state index contributed by atoms with van der Waals surface area (Å²) in [7, 11) is 0. The lowest BCUT2D eigenvalue weighted by atomic mass is 9.93. The minimum atomic E-state index is -2.65. The van der Waals surface area contributed by atoms with Crippen molar-refractivity contribution in [1.82, 2.24) is 38.0 Å². The van der Waals surface area contributed by atoms with Crippen LogP contribution >= 0.6 is 0 Å². The van der Waals surface area contributed by atoms with E-state index in [4.69, 9.17) is 35.6 Å². The number of carbonyl (C=O) groups is 10. The number of rotatable bonds is 38. The van der Waals surface area contributed by atoms with Crippen LogP contribution in [0.4, 0.5) is 0 Å². The first-order chi connectivity index (χ1) is 36.1. The second-order valence-corrected chi connectivity index (χ2v) is 18.7. The molecule has 0 spiro atoms. The number of hydrazine groups is 3. The molecule has 0 aromatic rings. The van der Waals surface area contributed by atoms with Crippen LogP contribution in [0.2, 0.25) is 0 Å². The molecule has 0 fully saturated rings. The number of amides is 6. The molecule has 436 valence electrons. The minimum Gasteiger partial charge on any atom is -0.462 e. The highest BCUT2D eigenvalue weighted by molar-refractivity contribution is 5.97. The van der Waals surface area contributed by atoms with Crippen LogP contribution in [-0.4, -0.2) is 141 Å². The van der Waals surface area contributed by atoms with Gasteiger partial charge in [-0.3, -0.25) is 69.2 Å². The van der Waals surface area contributed by atoms with E-state index in [2.05, 4.69) is 63.2 Å². The highest BCUT2D eigenvalue weighted by Crippen LogP contribution is 2.21. The number of aliphatic hydroxyl groups is 2. The summed E-state index contributed by atoms with van der Waals surface area (Å²) in [5.41, 5.74) is 11.0. The third-order valence-corrected chi connectivity index (χ3v) is 12.1. The number of nitrogens with zero attached hydrogens (tertiary/aromatic N) is 4. The van der Waals surface area contributed by atoms with Gasteiger partial charge in [0.1, 0.15) is 26.4 Å². The summed E-state index contributed by atoms with van der Waals surface area (Å²) in [6.07, 6.45) is -0.390. The van der Waals surface area contributed by atoms with E-state index in [1.165, 1.54) is 20.8 Å². The summed E-state index contributed by atoms with van der Waals surface area (Å²) in [6.45, 7) is 17.3. The zero-order valence-corrected chi connectivity index (χ0v) is 46.2. The molecule has 0 bridgehead atoms. The molecule has 0 saturated carbocycles. The van der Waals surface area contributed by atoms with Crippen LogP contribution in [0.1, 0.15) is 172 Å². The first-order valence-corrected chi connectivity index (χ1v) is 25.2. The number of aliphatic imine (C=N–C) groups is 1. The first kappa shape index (κ1) is 70.2. The fourth-order valence-corrected chi connectivity index (χ4v) is 6.20. The second-order valence-electron chi connectivity index (χ2n) is 18.7. The summed E-state index contributed by atoms with van der Waals surface area (Å²) < 4.78 is 20.3. The van der Waals surface area contributed by atoms with Crippen LogP contribution < -0.4 is 49.7 Å². The Morgan fingerprint density at radius 1 is 0.442 bits per heavy atom. The van der Waals surface area contributed by atoms with Crippen molar-refractivity contribution >= 4 is 82.2 Å². The Labute approximate surface area is 448 Å². The number of hydrogen-bond acceptors (Lipinski definition) is 23. The maximum Gasteiger partial charge on any atom is 0.306 e. The Morgan fingerprint density at radius 2 is 0.727 bits per heavy atom. The summed E-state index contributed by atoms with van der Waals surface area (Å²) in [5, 5.41) is 33.3. The summed E-state index contributed by atoms with van der Waals surface area (Å²) in [5.74, 6) is 1.78. The molecule has 0 aromatic heterocycles. The zero-order valence-electron chi connectivity index (χ0n) is 46.2. The molecule has 0 radical (unpaired) electrons. The van der Waals surface area contributed by atoms with Crippen LogP contribution in [-0.2, 0) is 66.9 Å². The Bertz CT molecular complexity index is 2140. The van der Waals surface area contributed by atoms with Gasteiger partial charge in [0.15, 0.2) is 11.2 Å². The first-order valence-electron chi connectivity index (χ1n) is 25.2. The Balaban J connectivity index is 4.75. The van der Waals surface area contributed by atoms with Gasteiger partial charge in [-0.25, -0.2) is 33.4 Å². The number of ether oxygens (including phenoxy) is 4. The van der Waals surface area contributed by atoms with Crippen molar-refractivity contribution in [3.8, 4) is 0 Å². The predicted octanol–water partition coefficient (Wildman–Crippen LogP) is -0.00220. The molecule has 0 aromatic carbocycles. The largest absolute Gasteiger partial charge is 0.462 e. The molecule has 29 nitrogen and oxygen atoms in total. The zero-order chi connectivity index (χ0) is 58.8. The molecule has 6 amide bonds. The molecule has 0 aliphatic carbocycles. The van der Waals surface area contributed by atoms with Crippen molar-refractivity contribution in [2.75, 3.05) is 26.4 Å². The molecule has 0 aliphatic rings. The lowest BCUT2D eigenvalue weighted by molar-refractivity contribution is -0.152. The third-order valence-electron chi connectivity index (χ3n) is 12.1. The lowest BCUT2D eigenvalue weighted by Gasteiger charge is -2.30. The monoisotopic (exact) mass is 1100 g/mol. The van der Waals surface area contributed by atoms with Gasteiger partial charge in [0.05, 0.1) is 56.9 Å². The van der Waals surface area contributed by atoms with Crippen molar-refractivity contribution in [1.29, 1.82) is 0 Å². The van der Waals surface area contributed by atoms with Crippen LogP contribution in [0.3, 0.4) is 0 Å². The molecule has 0 rings (SSSR count). The number of carbonyl (C=O) groups excluding carboxylic acids is 10. The quantitative estimate of drug-likeness (QED) is 0.00737. The van der Waals surface area contributed by atoms with Crippen molar-refractivity contribution < 1.29 is 77.1 Å². The van der Waals surface area contributed by atoms with Gasteiger partial charge in [0.2, 0.25) is 23.6 Å². The second kappa shape index (κ2) is 36.3. The van der Waals surface area contributed by atoms with E-state index < -0.39 is 102 Å². The Hall–Kier alpha value is -6.82. The van der Waals surface area contributed by atoms with Crippen molar-refractivity contribution in [3.05, 3.63) is 0 Å². The summed E-state index contributed by atoms with van der Waals surface area (Å²) in [4.78, 5) is 129. The van der Waals surface area contributed by atoms with Gasteiger partial charge >= 0.3 is 23.9 Å². The van der Waals surface area contributed by atoms with E-state index in [0.717, 1.165) is 18.6 Å². The average Bonchev–Trinajstić information content (AvgIpc) is 3.39. The topological polar surface area (TPSA) is 434 Å². The highest BCUT2D eigenvalue weighted by atomic mass is 16.6. The summed E-state index contributed by atoms with van der Waals surface area (Å²) in [6, 6.07) is 0. The van der Waals surface area contributed by atoms with Crippen LogP contribution in [0.15, 0.2) is 20.3 Å². The highest BCUT2D eigenvalue weighted by Gasteiger charge is 2.42. The van der Waals surface area contributed by atoms with Crippen LogP contribution in [0.25, 0.3) is 0 Å². The number of hydrazone groups is 3. The molecule has 2 unspecified atom stereocenters. The molecule has 0 saturated heterocycles. The van der Waals surface area contributed by atoms with Crippen LogP contribution in [0, 0.1) is 0 Å². The molecule has 13 N–H and O–H groups in total. The number of nitrogens with two attached hydrogens (primary N) is 2.